The number of halogens is 1. The molecule has 0 atom stereocenters. The van der Waals surface area contributed by atoms with Crippen LogP contribution in [0.3, 0.4) is 0 Å². The van der Waals surface area contributed by atoms with Crippen LogP contribution in [0.1, 0.15) is 9.67 Å². The van der Waals surface area contributed by atoms with Crippen LogP contribution < -0.4 is 21.5 Å². The Morgan fingerprint density at radius 1 is 1.10 bits per heavy atom. The molecular formula is C16H13BrN2OS. The van der Waals surface area contributed by atoms with Gasteiger partial charge in [0.05, 0.1) is 11.1 Å². The molecular weight excluding hydrogens is 348 g/mol. The molecule has 2 heterocycles. The summed E-state index contributed by atoms with van der Waals surface area (Å²) in [5.41, 5.74) is 1.98. The van der Waals surface area contributed by atoms with Crippen molar-refractivity contribution in [2.45, 2.75) is 6.54 Å². The molecule has 0 bridgehead atoms. The van der Waals surface area contributed by atoms with Crippen LogP contribution in [0, 0.1) is 0 Å². The van der Waals surface area contributed by atoms with Crippen LogP contribution >= 0.6 is 11.3 Å². The van der Waals surface area contributed by atoms with Gasteiger partial charge in [-0.2, -0.15) is 0 Å². The maximum absolute atomic E-state index is 12.0. The second-order valence-electron chi connectivity index (χ2n) is 4.38. The molecule has 1 aromatic carbocycles. The van der Waals surface area contributed by atoms with E-state index in [0.717, 1.165) is 16.1 Å². The number of nitrogens with zero attached hydrogens (tertiary/aromatic N) is 2. The van der Waals surface area contributed by atoms with Gasteiger partial charge in [0.1, 0.15) is 0 Å². The van der Waals surface area contributed by atoms with E-state index in [1.807, 2.05) is 60.1 Å². The fourth-order valence-electron chi connectivity index (χ4n) is 1.94. The number of rotatable bonds is 4. The number of benzene rings is 1. The second-order valence-corrected chi connectivity index (χ2v) is 5.33. The Hall–Kier alpha value is -1.85. The fourth-order valence-corrected chi connectivity index (χ4v) is 2.60. The van der Waals surface area contributed by atoms with Gasteiger partial charge in [0.15, 0.2) is 12.2 Å². The lowest BCUT2D eigenvalue weighted by molar-refractivity contribution is -0.686. The molecule has 3 nitrogen and oxygen atoms in total. The summed E-state index contributed by atoms with van der Waals surface area (Å²) in [5.74, 6) is 0.110. The number of carbonyl (C=O) groups is 1. The molecule has 0 aliphatic heterocycles. The molecule has 0 aliphatic rings. The molecule has 0 aliphatic carbocycles. The van der Waals surface area contributed by atoms with E-state index in [4.69, 9.17) is 0 Å². The van der Waals surface area contributed by atoms with Crippen molar-refractivity contribution in [3.05, 3.63) is 71.3 Å². The smallest absolute Gasteiger partial charge is 0.287 e. The summed E-state index contributed by atoms with van der Waals surface area (Å²) in [5, 5.41) is 1.91. The molecule has 0 radical (unpaired) electrons. The summed E-state index contributed by atoms with van der Waals surface area (Å²) in [7, 11) is 0. The Morgan fingerprint density at radius 2 is 1.90 bits per heavy atom. The summed E-state index contributed by atoms with van der Waals surface area (Å²) in [6, 6.07) is 15.6. The number of thiophene rings is 1. The SMILES string of the molecule is O=C(C[n+]1ccc(-c2ccccc2)nc1)c1cccs1.[Br-]. The van der Waals surface area contributed by atoms with E-state index in [2.05, 4.69) is 4.98 Å². The van der Waals surface area contributed by atoms with Crippen molar-refractivity contribution < 1.29 is 26.3 Å². The summed E-state index contributed by atoms with van der Waals surface area (Å²) < 4.78 is 1.80. The molecule has 3 rings (SSSR count). The first-order valence-corrected chi connectivity index (χ1v) is 7.18. The third-order valence-electron chi connectivity index (χ3n) is 2.96. The number of aromatic nitrogens is 2. The Morgan fingerprint density at radius 3 is 2.52 bits per heavy atom. The number of Topliss-reactive ketones (excluding diaryl/α,β-unsaturated/α-hetero) is 1. The van der Waals surface area contributed by atoms with Gasteiger partial charge in [-0.05, 0) is 16.4 Å². The van der Waals surface area contributed by atoms with Crippen molar-refractivity contribution in [2.24, 2.45) is 0 Å². The van der Waals surface area contributed by atoms with Gasteiger partial charge in [0.25, 0.3) is 6.33 Å². The van der Waals surface area contributed by atoms with E-state index in [9.17, 15) is 4.79 Å². The van der Waals surface area contributed by atoms with E-state index in [0.29, 0.717) is 6.54 Å². The molecule has 0 unspecified atom stereocenters. The van der Waals surface area contributed by atoms with E-state index in [1.54, 1.807) is 10.9 Å². The Bertz CT molecular complexity index is 697. The Balaban J connectivity index is 0.00000161. The quantitative estimate of drug-likeness (QED) is 0.484. The third-order valence-corrected chi connectivity index (χ3v) is 3.87. The summed E-state index contributed by atoms with van der Waals surface area (Å²) in [6.07, 6.45) is 3.59. The zero-order valence-corrected chi connectivity index (χ0v) is 13.5. The second kappa shape index (κ2) is 7.24. The highest BCUT2D eigenvalue weighted by molar-refractivity contribution is 7.12. The Kier molecular flexibility index (Phi) is 5.36. The minimum Gasteiger partial charge on any atom is -1.00 e. The fraction of sp³-hybridized carbons (Fsp3) is 0.0625. The highest BCUT2D eigenvalue weighted by atomic mass is 79.9. The van der Waals surface area contributed by atoms with Crippen LogP contribution in [-0.2, 0) is 6.54 Å². The number of hydrogen-bond acceptors (Lipinski definition) is 3. The van der Waals surface area contributed by atoms with Crippen LogP contribution in [0.5, 0.6) is 0 Å². The maximum atomic E-state index is 12.0. The summed E-state index contributed by atoms with van der Waals surface area (Å²) in [4.78, 5) is 17.2. The monoisotopic (exact) mass is 360 g/mol. The molecule has 3 aromatic rings. The molecule has 0 amide bonds. The number of carbonyl (C=O) groups excluding carboxylic acids is 1. The average molecular weight is 361 g/mol. The van der Waals surface area contributed by atoms with Gasteiger partial charge < -0.3 is 17.0 Å². The standard InChI is InChI=1S/C16H13N2OS.BrH/c19-15(16-7-4-10-20-16)11-18-9-8-14(17-12-18)13-5-2-1-3-6-13;/h1-10,12H,11H2;1H/q+1;/p-1. The van der Waals surface area contributed by atoms with Crippen LogP contribution in [0.2, 0.25) is 0 Å². The predicted octanol–water partition coefficient (Wildman–Crippen LogP) is -0.0155. The maximum Gasteiger partial charge on any atom is 0.287 e. The largest absolute Gasteiger partial charge is 1.00 e. The topological polar surface area (TPSA) is 33.8 Å². The van der Waals surface area contributed by atoms with Gasteiger partial charge in [0, 0.05) is 11.6 Å². The van der Waals surface area contributed by atoms with Gasteiger partial charge in [-0.3, -0.25) is 4.79 Å². The van der Waals surface area contributed by atoms with Crippen LogP contribution in [-0.4, -0.2) is 10.8 Å². The van der Waals surface area contributed by atoms with Crippen molar-refractivity contribution in [3.63, 3.8) is 0 Å². The molecule has 2 aromatic heterocycles. The van der Waals surface area contributed by atoms with Crippen molar-refractivity contribution in [2.75, 3.05) is 0 Å². The molecule has 0 N–H and O–H groups in total. The van der Waals surface area contributed by atoms with Crippen LogP contribution in [0.15, 0.2) is 66.4 Å². The first-order chi connectivity index (χ1) is 9.83. The molecule has 106 valence electrons. The molecule has 21 heavy (non-hydrogen) atoms. The average Bonchev–Trinajstić information content (AvgIpc) is 3.03. The molecule has 5 heteroatoms. The summed E-state index contributed by atoms with van der Waals surface area (Å²) in [6.45, 7) is 0.322. The predicted molar refractivity (Wildman–Crippen MR) is 78.5 cm³/mol. The van der Waals surface area contributed by atoms with Crippen LogP contribution in [0.25, 0.3) is 11.3 Å². The normalized spacial score (nSPS) is 9.90. The lowest BCUT2D eigenvalue weighted by Gasteiger charge is -1.98. The van der Waals surface area contributed by atoms with E-state index in [1.165, 1.54) is 11.3 Å². The lowest BCUT2D eigenvalue weighted by Crippen LogP contribution is -3.00. The first kappa shape index (κ1) is 15.5. The van der Waals surface area contributed by atoms with Crippen LogP contribution in [0.4, 0.5) is 0 Å². The van der Waals surface area contributed by atoms with E-state index < -0.39 is 0 Å². The molecule has 0 fully saturated rings. The van der Waals surface area contributed by atoms with Gasteiger partial charge in [-0.1, -0.05) is 36.4 Å². The number of ketones is 1. The van der Waals surface area contributed by atoms with E-state index >= 15 is 0 Å². The van der Waals surface area contributed by atoms with Crippen molar-refractivity contribution in [1.82, 2.24) is 4.98 Å². The number of hydrogen-bond donors (Lipinski definition) is 0. The highest BCUT2D eigenvalue weighted by Gasteiger charge is 2.12. The zero-order valence-electron chi connectivity index (χ0n) is 11.1. The summed E-state index contributed by atoms with van der Waals surface area (Å²) >= 11 is 1.47. The lowest BCUT2D eigenvalue weighted by atomic mass is 10.1. The zero-order chi connectivity index (χ0) is 13.8. The minimum atomic E-state index is 0. The molecule has 0 saturated heterocycles. The molecule has 0 saturated carbocycles. The van der Waals surface area contributed by atoms with Gasteiger partial charge in [0.2, 0.25) is 5.78 Å². The van der Waals surface area contributed by atoms with Gasteiger partial charge in [-0.25, -0.2) is 4.57 Å². The van der Waals surface area contributed by atoms with Gasteiger partial charge >= 0.3 is 0 Å². The highest BCUT2D eigenvalue weighted by Crippen LogP contribution is 2.14. The first-order valence-electron chi connectivity index (χ1n) is 6.30. The van der Waals surface area contributed by atoms with Crippen molar-refractivity contribution >= 4 is 17.1 Å². The molecule has 0 spiro atoms. The van der Waals surface area contributed by atoms with Crippen molar-refractivity contribution in [1.29, 1.82) is 0 Å². The Labute approximate surface area is 137 Å². The van der Waals surface area contributed by atoms with Crippen molar-refractivity contribution in [3.8, 4) is 11.3 Å². The van der Waals surface area contributed by atoms with E-state index in [-0.39, 0.29) is 22.8 Å². The third kappa shape index (κ3) is 3.83. The minimum absolute atomic E-state index is 0. The van der Waals surface area contributed by atoms with Gasteiger partial charge in [-0.15, -0.1) is 11.3 Å².